The van der Waals surface area contributed by atoms with Crippen LogP contribution in [0.25, 0.3) is 10.9 Å². The lowest BCUT2D eigenvalue weighted by Crippen LogP contribution is -2.41. The molecule has 3 rings (SSSR count). The Morgan fingerprint density at radius 3 is 3.00 bits per heavy atom. The molecule has 5 nitrogen and oxygen atoms in total. The van der Waals surface area contributed by atoms with Crippen molar-refractivity contribution in [2.24, 2.45) is 4.99 Å². The van der Waals surface area contributed by atoms with Gasteiger partial charge in [0, 0.05) is 43.8 Å². The number of H-pyrrole nitrogens is 1. The van der Waals surface area contributed by atoms with Crippen molar-refractivity contribution in [3.8, 4) is 0 Å². The first kappa shape index (κ1) is 19.1. The number of aromatic nitrogens is 1. The van der Waals surface area contributed by atoms with Crippen molar-refractivity contribution in [3.05, 3.63) is 35.5 Å². The van der Waals surface area contributed by atoms with E-state index in [4.69, 9.17) is 4.74 Å². The second kappa shape index (κ2) is 9.27. The van der Waals surface area contributed by atoms with Crippen molar-refractivity contribution < 1.29 is 4.74 Å². The number of halogens is 1. The molecule has 1 aromatic heterocycles. The summed E-state index contributed by atoms with van der Waals surface area (Å²) >= 11 is 0. The molecule has 24 heavy (non-hydrogen) atoms. The third kappa shape index (κ3) is 4.63. The average molecular weight is 442 g/mol. The zero-order valence-corrected chi connectivity index (χ0v) is 16.7. The molecule has 0 spiro atoms. The molecule has 0 amide bonds. The molecule has 0 radical (unpaired) electrons. The summed E-state index contributed by atoms with van der Waals surface area (Å²) in [4.78, 5) is 7.63. The molecule has 1 unspecified atom stereocenters. The van der Waals surface area contributed by atoms with Crippen LogP contribution in [0.15, 0.2) is 29.4 Å². The second-order valence-corrected chi connectivity index (χ2v) is 6.08. The van der Waals surface area contributed by atoms with Gasteiger partial charge in [-0.3, -0.25) is 4.99 Å². The largest absolute Gasteiger partial charge is 0.376 e. The van der Waals surface area contributed by atoms with Crippen LogP contribution in [-0.4, -0.2) is 43.8 Å². The molecule has 0 saturated carbocycles. The van der Waals surface area contributed by atoms with E-state index in [1.807, 2.05) is 0 Å². The quantitative estimate of drug-likeness (QED) is 0.379. The van der Waals surface area contributed by atoms with Gasteiger partial charge in [0.25, 0.3) is 0 Å². The number of ether oxygens (including phenoxy) is 1. The molecular weight excluding hydrogens is 415 g/mol. The lowest BCUT2D eigenvalue weighted by molar-refractivity contribution is 0.114. The number of aryl methyl sites for hydroxylation is 1. The van der Waals surface area contributed by atoms with E-state index in [1.54, 1.807) is 7.05 Å². The summed E-state index contributed by atoms with van der Waals surface area (Å²) in [6, 6.07) is 6.38. The summed E-state index contributed by atoms with van der Waals surface area (Å²) in [6.07, 6.45) is 5.70. The normalized spacial score (nSPS) is 17.8. The summed E-state index contributed by atoms with van der Waals surface area (Å²) < 4.78 is 5.62. The van der Waals surface area contributed by atoms with Gasteiger partial charge in [-0.1, -0.05) is 12.1 Å². The lowest BCUT2D eigenvalue weighted by atomic mass is 10.1. The van der Waals surface area contributed by atoms with Crippen LogP contribution in [0.5, 0.6) is 0 Å². The van der Waals surface area contributed by atoms with Crippen molar-refractivity contribution in [2.75, 3.05) is 26.7 Å². The number of aliphatic imine (C=N–C) groups is 1. The van der Waals surface area contributed by atoms with Crippen LogP contribution in [0.1, 0.15) is 24.0 Å². The van der Waals surface area contributed by atoms with Gasteiger partial charge in [0.15, 0.2) is 5.96 Å². The summed E-state index contributed by atoms with van der Waals surface area (Å²) in [5.74, 6) is 0.845. The van der Waals surface area contributed by atoms with Crippen LogP contribution in [-0.2, 0) is 11.2 Å². The minimum absolute atomic E-state index is 0. The van der Waals surface area contributed by atoms with Crippen LogP contribution in [0, 0.1) is 6.92 Å². The molecule has 1 aliphatic rings. The Hall–Kier alpha value is -1.28. The van der Waals surface area contributed by atoms with E-state index in [2.05, 4.69) is 51.9 Å². The maximum Gasteiger partial charge on any atom is 0.191 e. The summed E-state index contributed by atoms with van der Waals surface area (Å²) in [5, 5.41) is 8.08. The number of nitrogens with one attached hydrogen (secondary N) is 3. The summed E-state index contributed by atoms with van der Waals surface area (Å²) in [6.45, 7) is 4.73. The van der Waals surface area contributed by atoms with E-state index < -0.39 is 0 Å². The van der Waals surface area contributed by atoms with Gasteiger partial charge in [-0.15, -0.1) is 24.0 Å². The molecule has 132 valence electrons. The molecule has 2 heterocycles. The van der Waals surface area contributed by atoms with E-state index in [1.165, 1.54) is 22.0 Å². The number of hydrogen-bond acceptors (Lipinski definition) is 2. The van der Waals surface area contributed by atoms with Gasteiger partial charge in [-0.05, 0) is 43.4 Å². The van der Waals surface area contributed by atoms with Crippen molar-refractivity contribution in [3.63, 3.8) is 0 Å². The molecule has 1 aliphatic heterocycles. The Kier molecular flexibility index (Phi) is 7.36. The fourth-order valence-corrected chi connectivity index (χ4v) is 3.20. The SMILES string of the molecule is CN=C(NCCc1c[nH]c2cccc(C)c12)NCC1CCCO1.I. The molecule has 0 bridgehead atoms. The van der Waals surface area contributed by atoms with Gasteiger partial charge in [0.2, 0.25) is 0 Å². The van der Waals surface area contributed by atoms with Crippen LogP contribution in [0.2, 0.25) is 0 Å². The highest BCUT2D eigenvalue weighted by molar-refractivity contribution is 14.0. The summed E-state index contributed by atoms with van der Waals surface area (Å²) in [7, 11) is 1.81. The van der Waals surface area contributed by atoms with Gasteiger partial charge >= 0.3 is 0 Å². The highest BCUT2D eigenvalue weighted by Crippen LogP contribution is 2.22. The Bertz CT molecular complexity index is 677. The molecule has 2 aromatic rings. The highest BCUT2D eigenvalue weighted by Gasteiger charge is 2.15. The van der Waals surface area contributed by atoms with Crippen LogP contribution >= 0.6 is 24.0 Å². The number of fused-ring (bicyclic) bond motifs is 1. The van der Waals surface area contributed by atoms with Gasteiger partial charge in [-0.25, -0.2) is 0 Å². The van der Waals surface area contributed by atoms with E-state index in [0.717, 1.165) is 44.9 Å². The topological polar surface area (TPSA) is 61.4 Å². The maximum atomic E-state index is 5.62. The Balaban J connectivity index is 0.00000208. The first-order valence-corrected chi connectivity index (χ1v) is 8.39. The van der Waals surface area contributed by atoms with Crippen molar-refractivity contribution in [1.82, 2.24) is 15.6 Å². The van der Waals surface area contributed by atoms with Gasteiger partial charge in [0.1, 0.15) is 0 Å². The zero-order valence-electron chi connectivity index (χ0n) is 14.4. The predicted molar refractivity (Wildman–Crippen MR) is 110 cm³/mol. The molecule has 1 atom stereocenters. The first-order chi connectivity index (χ1) is 11.3. The van der Waals surface area contributed by atoms with E-state index in [-0.39, 0.29) is 24.0 Å². The van der Waals surface area contributed by atoms with E-state index in [0.29, 0.717) is 6.10 Å². The number of hydrogen-bond donors (Lipinski definition) is 3. The van der Waals surface area contributed by atoms with E-state index >= 15 is 0 Å². The highest BCUT2D eigenvalue weighted by atomic mass is 127. The minimum Gasteiger partial charge on any atom is -0.376 e. The number of rotatable bonds is 5. The Morgan fingerprint density at radius 2 is 2.25 bits per heavy atom. The minimum atomic E-state index is 0. The summed E-state index contributed by atoms with van der Waals surface area (Å²) in [5.41, 5.74) is 3.88. The number of guanidine groups is 1. The van der Waals surface area contributed by atoms with Crippen LogP contribution in [0.3, 0.4) is 0 Å². The Morgan fingerprint density at radius 1 is 1.38 bits per heavy atom. The van der Waals surface area contributed by atoms with Crippen molar-refractivity contribution in [1.29, 1.82) is 0 Å². The number of benzene rings is 1. The fraction of sp³-hybridized carbons (Fsp3) is 0.500. The van der Waals surface area contributed by atoms with Crippen molar-refractivity contribution in [2.45, 2.75) is 32.3 Å². The molecule has 0 aliphatic carbocycles. The number of nitrogens with zero attached hydrogens (tertiary/aromatic N) is 1. The van der Waals surface area contributed by atoms with Gasteiger partial charge in [0.05, 0.1) is 6.10 Å². The predicted octanol–water partition coefficient (Wildman–Crippen LogP) is 2.98. The lowest BCUT2D eigenvalue weighted by Gasteiger charge is -2.15. The third-order valence-corrected chi connectivity index (χ3v) is 4.43. The van der Waals surface area contributed by atoms with Gasteiger partial charge < -0.3 is 20.4 Å². The first-order valence-electron chi connectivity index (χ1n) is 8.39. The molecule has 1 saturated heterocycles. The number of aromatic amines is 1. The van der Waals surface area contributed by atoms with E-state index in [9.17, 15) is 0 Å². The molecule has 3 N–H and O–H groups in total. The third-order valence-electron chi connectivity index (χ3n) is 4.43. The Labute approximate surface area is 160 Å². The fourth-order valence-electron chi connectivity index (χ4n) is 3.20. The molecule has 1 fully saturated rings. The second-order valence-electron chi connectivity index (χ2n) is 6.08. The molecule has 1 aromatic carbocycles. The standard InChI is InChI=1S/C18H26N4O.HI/c1-13-5-3-7-16-17(13)14(11-21-16)8-9-20-18(19-2)22-12-15-6-4-10-23-15;/h3,5,7,11,15,21H,4,6,8-10,12H2,1-2H3,(H2,19,20,22);1H. The maximum absolute atomic E-state index is 5.62. The van der Waals surface area contributed by atoms with Crippen LogP contribution in [0.4, 0.5) is 0 Å². The molecule has 6 heteroatoms. The monoisotopic (exact) mass is 442 g/mol. The molecular formula is C18H27IN4O. The van der Waals surface area contributed by atoms with Crippen molar-refractivity contribution >= 4 is 40.8 Å². The smallest absolute Gasteiger partial charge is 0.191 e. The van der Waals surface area contributed by atoms with Crippen LogP contribution < -0.4 is 10.6 Å². The zero-order chi connectivity index (χ0) is 16.1. The van der Waals surface area contributed by atoms with Gasteiger partial charge in [-0.2, -0.15) is 0 Å². The average Bonchev–Trinajstić information content (AvgIpc) is 3.21.